The quantitative estimate of drug-likeness (QED) is 0.205. The minimum absolute atomic E-state index is 0.0149. The Morgan fingerprint density at radius 3 is 1.88 bits per heavy atom. The molecule has 0 unspecified atom stereocenters. The molecule has 2 nitrogen and oxygen atoms in total. The van der Waals surface area contributed by atoms with Crippen molar-refractivity contribution in [1.82, 2.24) is 0 Å². The molecule has 33 heavy (non-hydrogen) atoms. The highest BCUT2D eigenvalue weighted by molar-refractivity contribution is 6.00. The largest absolute Gasteiger partial charge is 0.507 e. The number of carbonyl (C=O) groups excluding carboxylic acids is 1. The molecule has 0 bridgehead atoms. The fourth-order valence-corrected chi connectivity index (χ4v) is 4.31. The first-order valence-corrected chi connectivity index (χ1v) is 13.3. The van der Waals surface area contributed by atoms with E-state index in [0.717, 1.165) is 24.0 Å². The Kier molecular flexibility index (Phi) is 11.7. The average Bonchev–Trinajstić information content (AvgIpc) is 2.81. The molecule has 1 N–H and O–H groups in total. The van der Waals surface area contributed by atoms with Crippen molar-refractivity contribution in [1.29, 1.82) is 0 Å². The summed E-state index contributed by atoms with van der Waals surface area (Å²) in [6, 6.07) is 13.9. The van der Waals surface area contributed by atoms with Gasteiger partial charge in [0.2, 0.25) is 0 Å². The van der Waals surface area contributed by atoms with Crippen molar-refractivity contribution in [2.24, 2.45) is 0 Å². The van der Waals surface area contributed by atoms with Gasteiger partial charge in [0.15, 0.2) is 5.78 Å². The van der Waals surface area contributed by atoms with Crippen molar-refractivity contribution in [3.05, 3.63) is 64.7 Å². The van der Waals surface area contributed by atoms with Crippen LogP contribution in [-0.4, -0.2) is 10.9 Å². The fraction of sp³-hybridized carbons (Fsp3) is 0.581. The van der Waals surface area contributed by atoms with E-state index in [2.05, 4.69) is 52.0 Å². The number of benzene rings is 2. The molecule has 0 saturated heterocycles. The molecule has 0 spiro atoms. The maximum Gasteiger partial charge on any atom is 0.170 e. The van der Waals surface area contributed by atoms with E-state index in [-0.39, 0.29) is 16.9 Å². The van der Waals surface area contributed by atoms with Gasteiger partial charge >= 0.3 is 0 Å². The van der Waals surface area contributed by atoms with Gasteiger partial charge in [0.25, 0.3) is 0 Å². The normalized spacial score (nSPS) is 11.6. The van der Waals surface area contributed by atoms with E-state index in [1.54, 1.807) is 6.07 Å². The first-order chi connectivity index (χ1) is 15.9. The zero-order chi connectivity index (χ0) is 24.1. The van der Waals surface area contributed by atoms with Crippen molar-refractivity contribution in [3.63, 3.8) is 0 Å². The van der Waals surface area contributed by atoms with E-state index in [1.165, 1.54) is 69.8 Å². The van der Waals surface area contributed by atoms with Gasteiger partial charge in [-0.25, -0.2) is 0 Å². The van der Waals surface area contributed by atoms with Gasteiger partial charge in [-0.05, 0) is 53.5 Å². The van der Waals surface area contributed by atoms with E-state index < -0.39 is 0 Å². The monoisotopic (exact) mass is 450 g/mol. The third-order valence-corrected chi connectivity index (χ3v) is 7.17. The molecule has 182 valence electrons. The molecule has 0 aliphatic rings. The van der Waals surface area contributed by atoms with Gasteiger partial charge in [0.1, 0.15) is 5.75 Å². The lowest BCUT2D eigenvalue weighted by atomic mass is 9.81. The molecule has 2 rings (SSSR count). The Balaban J connectivity index is 1.76. The van der Waals surface area contributed by atoms with Crippen LogP contribution in [0.25, 0.3) is 0 Å². The summed E-state index contributed by atoms with van der Waals surface area (Å²) in [5.74, 6) is 0.0527. The Labute approximate surface area is 202 Å². The lowest BCUT2D eigenvalue weighted by Gasteiger charge is -2.24. The number of rotatable bonds is 16. The standard InChI is InChI=1S/C31H46O2/c1-5-7-8-9-10-11-12-13-14-15-16-25-17-19-26(20-18-25)23-30(33)28-24-27(21-22-29(28)32)31(3,4)6-2/h17-22,24,32H,5-16,23H2,1-4H3. The lowest BCUT2D eigenvalue weighted by Crippen LogP contribution is -2.16. The molecule has 2 aromatic carbocycles. The molecular weight excluding hydrogens is 404 g/mol. The number of hydrogen-bond acceptors (Lipinski definition) is 2. The van der Waals surface area contributed by atoms with Crippen molar-refractivity contribution in [2.75, 3.05) is 0 Å². The molecule has 2 heteroatoms. The van der Waals surface area contributed by atoms with E-state index in [9.17, 15) is 9.90 Å². The third-order valence-electron chi connectivity index (χ3n) is 7.17. The molecule has 2 aromatic rings. The van der Waals surface area contributed by atoms with Gasteiger partial charge in [-0.15, -0.1) is 0 Å². The summed E-state index contributed by atoms with van der Waals surface area (Å²) in [7, 11) is 0. The zero-order valence-corrected chi connectivity index (χ0v) is 21.6. The predicted octanol–water partition coefficient (Wildman–Crippen LogP) is 8.97. The van der Waals surface area contributed by atoms with Gasteiger partial charge in [-0.3, -0.25) is 4.79 Å². The highest BCUT2D eigenvalue weighted by atomic mass is 16.3. The summed E-state index contributed by atoms with van der Waals surface area (Å²) in [5.41, 5.74) is 3.87. The predicted molar refractivity (Wildman–Crippen MR) is 141 cm³/mol. The van der Waals surface area contributed by atoms with Crippen LogP contribution in [0, 0.1) is 0 Å². The Morgan fingerprint density at radius 2 is 1.30 bits per heavy atom. The van der Waals surface area contributed by atoms with Crippen molar-refractivity contribution in [2.45, 2.75) is 117 Å². The maximum atomic E-state index is 12.9. The number of aryl methyl sites for hydroxylation is 1. The van der Waals surface area contributed by atoms with Gasteiger partial charge in [-0.1, -0.05) is 116 Å². The van der Waals surface area contributed by atoms with E-state index in [1.807, 2.05) is 12.1 Å². The van der Waals surface area contributed by atoms with Crippen LogP contribution in [0.3, 0.4) is 0 Å². The molecule has 0 fully saturated rings. The number of phenols is 1. The van der Waals surface area contributed by atoms with E-state index in [0.29, 0.717) is 12.0 Å². The highest BCUT2D eigenvalue weighted by Crippen LogP contribution is 2.31. The highest BCUT2D eigenvalue weighted by Gasteiger charge is 2.21. The van der Waals surface area contributed by atoms with Crippen LogP contribution in [0.2, 0.25) is 0 Å². The van der Waals surface area contributed by atoms with Crippen LogP contribution in [0.1, 0.15) is 125 Å². The second-order valence-corrected chi connectivity index (χ2v) is 10.3. The number of phenolic OH excluding ortho intramolecular Hbond substituents is 1. The van der Waals surface area contributed by atoms with Crippen molar-refractivity contribution in [3.8, 4) is 5.75 Å². The summed E-state index contributed by atoms with van der Waals surface area (Å²) >= 11 is 0. The maximum absolute atomic E-state index is 12.9. The van der Waals surface area contributed by atoms with Crippen LogP contribution in [0.4, 0.5) is 0 Å². The molecule has 0 heterocycles. The minimum atomic E-state index is -0.0244. The van der Waals surface area contributed by atoms with E-state index in [4.69, 9.17) is 0 Å². The number of unbranched alkanes of at least 4 members (excludes halogenated alkanes) is 9. The summed E-state index contributed by atoms with van der Waals surface area (Å²) in [6.45, 7) is 8.75. The lowest BCUT2D eigenvalue weighted by molar-refractivity contribution is 0.0990. The Bertz CT molecular complexity index is 833. The molecular formula is C31H46O2. The van der Waals surface area contributed by atoms with Gasteiger partial charge in [0.05, 0.1) is 5.56 Å². The van der Waals surface area contributed by atoms with Crippen LogP contribution in [0.15, 0.2) is 42.5 Å². The topological polar surface area (TPSA) is 37.3 Å². The number of ketones is 1. The van der Waals surface area contributed by atoms with Gasteiger partial charge in [-0.2, -0.15) is 0 Å². The summed E-state index contributed by atoms with van der Waals surface area (Å²) in [5, 5.41) is 10.3. The average molecular weight is 451 g/mol. The fourth-order valence-electron chi connectivity index (χ4n) is 4.31. The smallest absolute Gasteiger partial charge is 0.170 e. The second kappa shape index (κ2) is 14.2. The van der Waals surface area contributed by atoms with E-state index >= 15 is 0 Å². The first kappa shape index (κ1) is 27.2. The van der Waals surface area contributed by atoms with Gasteiger partial charge in [0, 0.05) is 6.42 Å². The number of Topliss-reactive ketones (excluding diaryl/α,β-unsaturated/α-hetero) is 1. The second-order valence-electron chi connectivity index (χ2n) is 10.3. The molecule has 0 aliphatic carbocycles. The molecule has 0 saturated carbocycles. The summed E-state index contributed by atoms with van der Waals surface area (Å²) in [6.07, 6.45) is 16.0. The molecule has 0 aromatic heterocycles. The molecule has 0 atom stereocenters. The molecule has 0 amide bonds. The number of aromatic hydroxyl groups is 1. The summed E-state index contributed by atoms with van der Waals surface area (Å²) in [4.78, 5) is 12.9. The minimum Gasteiger partial charge on any atom is -0.507 e. The Morgan fingerprint density at radius 1 is 0.758 bits per heavy atom. The summed E-state index contributed by atoms with van der Waals surface area (Å²) < 4.78 is 0. The number of hydrogen-bond donors (Lipinski definition) is 1. The van der Waals surface area contributed by atoms with Crippen LogP contribution >= 0.6 is 0 Å². The number of carbonyl (C=O) groups is 1. The van der Waals surface area contributed by atoms with Crippen molar-refractivity contribution < 1.29 is 9.90 Å². The Hall–Kier alpha value is -2.09. The van der Waals surface area contributed by atoms with Crippen LogP contribution in [0.5, 0.6) is 5.75 Å². The first-order valence-electron chi connectivity index (χ1n) is 13.3. The zero-order valence-electron chi connectivity index (χ0n) is 21.6. The van der Waals surface area contributed by atoms with Crippen LogP contribution in [-0.2, 0) is 18.3 Å². The van der Waals surface area contributed by atoms with Gasteiger partial charge < -0.3 is 5.11 Å². The molecule has 0 radical (unpaired) electrons. The van der Waals surface area contributed by atoms with Crippen molar-refractivity contribution >= 4 is 5.78 Å². The SMILES string of the molecule is CCCCCCCCCCCCc1ccc(CC(=O)c2cc(C(C)(C)CC)ccc2O)cc1. The molecule has 0 aliphatic heterocycles. The van der Waals surface area contributed by atoms with Crippen LogP contribution < -0.4 is 0 Å². The third kappa shape index (κ3) is 9.35.